The monoisotopic (exact) mass is 364 g/mol. The van der Waals surface area contributed by atoms with Gasteiger partial charge in [0, 0.05) is 20.2 Å². The van der Waals surface area contributed by atoms with Gasteiger partial charge in [-0.2, -0.15) is 5.10 Å². The second-order valence-corrected chi connectivity index (χ2v) is 7.17. The number of aromatic nitrogens is 4. The minimum Gasteiger partial charge on any atom is -0.380 e. The average molecular weight is 364 g/mol. The van der Waals surface area contributed by atoms with Crippen LogP contribution in [0.5, 0.6) is 0 Å². The molecule has 1 aliphatic rings. The number of ether oxygens (including phenoxy) is 1. The highest BCUT2D eigenvalue weighted by atomic mass is 16.5. The molecule has 3 aromatic rings. The summed E-state index contributed by atoms with van der Waals surface area (Å²) in [6, 6.07) is 7.97. The molecule has 0 aromatic carbocycles. The molecule has 1 atom stereocenters. The topological polar surface area (TPSA) is 76.1 Å². The van der Waals surface area contributed by atoms with E-state index in [4.69, 9.17) is 9.72 Å². The van der Waals surface area contributed by atoms with E-state index in [1.54, 1.807) is 13.3 Å². The molecule has 1 unspecified atom stereocenters. The SMILES string of the molecule is COC1CCN(c2cnc3ccc(Nc4cc(C(C)C)cnn4)nc3c2)C1. The Bertz CT molecular complexity index is 945. The first kappa shape index (κ1) is 17.6. The standard InChI is InChI=1S/C20H24N6O/c1-13(2)14-8-20(25-22-10-14)24-19-5-4-17-18(23-19)9-15(11-21-17)26-7-6-16(12-26)27-3/h4-5,8-11,13,16H,6-7,12H2,1-3H3,(H,23,24,25). The smallest absolute Gasteiger partial charge is 0.154 e. The molecule has 0 bridgehead atoms. The first-order valence-corrected chi connectivity index (χ1v) is 9.26. The number of fused-ring (bicyclic) bond motifs is 1. The highest BCUT2D eigenvalue weighted by molar-refractivity contribution is 5.80. The normalized spacial score (nSPS) is 17.0. The van der Waals surface area contributed by atoms with Gasteiger partial charge in [-0.3, -0.25) is 4.98 Å². The van der Waals surface area contributed by atoms with E-state index < -0.39 is 0 Å². The van der Waals surface area contributed by atoms with Gasteiger partial charge in [-0.15, -0.1) is 5.10 Å². The minimum atomic E-state index is 0.286. The minimum absolute atomic E-state index is 0.286. The van der Waals surface area contributed by atoms with Crippen molar-refractivity contribution in [3.63, 3.8) is 0 Å². The van der Waals surface area contributed by atoms with Gasteiger partial charge in [0.25, 0.3) is 0 Å². The Morgan fingerprint density at radius 2 is 2.04 bits per heavy atom. The lowest BCUT2D eigenvalue weighted by Crippen LogP contribution is -2.22. The van der Waals surface area contributed by atoms with Crippen molar-refractivity contribution < 1.29 is 4.74 Å². The summed E-state index contributed by atoms with van der Waals surface area (Å²) in [5, 5.41) is 11.5. The van der Waals surface area contributed by atoms with Gasteiger partial charge in [0.2, 0.25) is 0 Å². The maximum absolute atomic E-state index is 5.46. The van der Waals surface area contributed by atoms with Crippen molar-refractivity contribution in [2.75, 3.05) is 30.4 Å². The van der Waals surface area contributed by atoms with Gasteiger partial charge in [0.1, 0.15) is 5.82 Å². The van der Waals surface area contributed by atoms with Crippen LogP contribution in [0, 0.1) is 0 Å². The van der Waals surface area contributed by atoms with Crippen LogP contribution in [0.1, 0.15) is 31.7 Å². The molecule has 1 N–H and O–H groups in total. The molecule has 1 aliphatic heterocycles. The summed E-state index contributed by atoms with van der Waals surface area (Å²) >= 11 is 0. The first-order chi connectivity index (χ1) is 13.1. The fourth-order valence-electron chi connectivity index (χ4n) is 3.28. The van der Waals surface area contributed by atoms with E-state index in [2.05, 4.69) is 45.3 Å². The summed E-state index contributed by atoms with van der Waals surface area (Å²) in [4.78, 5) is 11.6. The van der Waals surface area contributed by atoms with Crippen LogP contribution in [0.3, 0.4) is 0 Å². The van der Waals surface area contributed by atoms with E-state index in [9.17, 15) is 0 Å². The number of pyridine rings is 2. The van der Waals surface area contributed by atoms with E-state index in [1.165, 1.54) is 0 Å². The average Bonchev–Trinajstić information content (AvgIpc) is 3.17. The number of methoxy groups -OCH3 is 1. The quantitative estimate of drug-likeness (QED) is 0.742. The zero-order chi connectivity index (χ0) is 18.8. The zero-order valence-electron chi connectivity index (χ0n) is 15.9. The zero-order valence-corrected chi connectivity index (χ0v) is 15.9. The van der Waals surface area contributed by atoms with Crippen LogP contribution in [0.4, 0.5) is 17.3 Å². The van der Waals surface area contributed by atoms with Crippen molar-refractivity contribution in [2.45, 2.75) is 32.3 Å². The lowest BCUT2D eigenvalue weighted by molar-refractivity contribution is 0.121. The number of hydrogen-bond acceptors (Lipinski definition) is 7. The number of nitrogens with one attached hydrogen (secondary N) is 1. The number of nitrogens with zero attached hydrogens (tertiary/aromatic N) is 5. The van der Waals surface area contributed by atoms with Gasteiger partial charge in [-0.25, -0.2) is 4.98 Å². The molecular formula is C20H24N6O. The molecule has 0 amide bonds. The van der Waals surface area contributed by atoms with Crippen molar-refractivity contribution >= 4 is 28.4 Å². The summed E-state index contributed by atoms with van der Waals surface area (Å²) in [5.74, 6) is 1.82. The summed E-state index contributed by atoms with van der Waals surface area (Å²) < 4.78 is 5.46. The third kappa shape index (κ3) is 3.83. The summed E-state index contributed by atoms with van der Waals surface area (Å²) in [7, 11) is 1.77. The molecule has 0 spiro atoms. The van der Waals surface area contributed by atoms with E-state index in [1.807, 2.05) is 24.4 Å². The Morgan fingerprint density at radius 1 is 1.15 bits per heavy atom. The Hall–Kier alpha value is -2.80. The Labute approximate surface area is 158 Å². The van der Waals surface area contributed by atoms with E-state index in [0.29, 0.717) is 11.7 Å². The second-order valence-electron chi connectivity index (χ2n) is 7.17. The lowest BCUT2D eigenvalue weighted by Gasteiger charge is -2.18. The second kappa shape index (κ2) is 7.44. The predicted molar refractivity (Wildman–Crippen MR) is 107 cm³/mol. The van der Waals surface area contributed by atoms with Gasteiger partial charge in [0.15, 0.2) is 5.82 Å². The highest BCUT2D eigenvalue weighted by Gasteiger charge is 2.22. The lowest BCUT2D eigenvalue weighted by atomic mass is 10.1. The first-order valence-electron chi connectivity index (χ1n) is 9.26. The molecule has 3 aromatic heterocycles. The third-order valence-corrected chi connectivity index (χ3v) is 4.96. The van der Waals surface area contributed by atoms with Crippen LogP contribution in [0.15, 0.2) is 36.7 Å². The molecule has 140 valence electrons. The Morgan fingerprint density at radius 3 is 2.81 bits per heavy atom. The fourth-order valence-corrected chi connectivity index (χ4v) is 3.28. The van der Waals surface area contributed by atoms with Crippen LogP contribution in [0.25, 0.3) is 11.0 Å². The molecule has 0 radical (unpaired) electrons. The molecule has 4 rings (SSSR count). The summed E-state index contributed by atoms with van der Waals surface area (Å²) in [5.41, 5.74) is 3.94. The largest absolute Gasteiger partial charge is 0.380 e. The van der Waals surface area contributed by atoms with Gasteiger partial charge in [0.05, 0.1) is 35.2 Å². The predicted octanol–water partition coefficient (Wildman–Crippen LogP) is 3.51. The van der Waals surface area contributed by atoms with E-state index in [-0.39, 0.29) is 6.10 Å². The summed E-state index contributed by atoms with van der Waals surface area (Å²) in [6.07, 6.45) is 5.03. The fraction of sp³-hybridized carbons (Fsp3) is 0.400. The molecule has 0 aliphatic carbocycles. The number of hydrogen-bond donors (Lipinski definition) is 1. The van der Waals surface area contributed by atoms with Crippen LogP contribution >= 0.6 is 0 Å². The van der Waals surface area contributed by atoms with Crippen molar-refractivity contribution in [2.24, 2.45) is 0 Å². The van der Waals surface area contributed by atoms with Crippen LogP contribution in [0.2, 0.25) is 0 Å². The molecular weight excluding hydrogens is 340 g/mol. The maximum atomic E-state index is 5.46. The number of rotatable bonds is 5. The number of anilines is 3. The van der Waals surface area contributed by atoms with Gasteiger partial charge < -0.3 is 15.0 Å². The molecule has 1 saturated heterocycles. The van der Waals surface area contributed by atoms with Crippen LogP contribution in [-0.4, -0.2) is 46.5 Å². The third-order valence-electron chi connectivity index (χ3n) is 4.96. The van der Waals surface area contributed by atoms with E-state index in [0.717, 1.165) is 47.6 Å². The molecule has 27 heavy (non-hydrogen) atoms. The summed E-state index contributed by atoms with van der Waals surface area (Å²) in [6.45, 7) is 6.13. The van der Waals surface area contributed by atoms with Crippen LogP contribution in [-0.2, 0) is 4.74 Å². The molecule has 7 nitrogen and oxygen atoms in total. The Kier molecular flexibility index (Phi) is 4.85. The van der Waals surface area contributed by atoms with Crippen molar-refractivity contribution in [3.05, 3.63) is 42.2 Å². The highest BCUT2D eigenvalue weighted by Crippen LogP contribution is 2.25. The molecule has 1 fully saturated rings. The Balaban J connectivity index is 1.58. The van der Waals surface area contributed by atoms with Gasteiger partial charge in [-0.1, -0.05) is 13.8 Å². The maximum Gasteiger partial charge on any atom is 0.154 e. The molecule has 7 heteroatoms. The van der Waals surface area contributed by atoms with Crippen molar-refractivity contribution in [3.8, 4) is 0 Å². The molecule has 4 heterocycles. The van der Waals surface area contributed by atoms with Gasteiger partial charge >= 0.3 is 0 Å². The van der Waals surface area contributed by atoms with Crippen molar-refractivity contribution in [1.82, 2.24) is 20.2 Å². The van der Waals surface area contributed by atoms with Crippen LogP contribution < -0.4 is 10.2 Å². The van der Waals surface area contributed by atoms with E-state index >= 15 is 0 Å². The van der Waals surface area contributed by atoms with Gasteiger partial charge in [-0.05, 0) is 42.2 Å². The molecule has 0 saturated carbocycles. The van der Waals surface area contributed by atoms with Crippen molar-refractivity contribution in [1.29, 1.82) is 0 Å².